The molecule has 0 aliphatic rings. The first-order valence-corrected chi connectivity index (χ1v) is 8.16. The molecule has 0 saturated carbocycles. The summed E-state index contributed by atoms with van der Waals surface area (Å²) in [7, 11) is -2.71. The zero-order valence-corrected chi connectivity index (χ0v) is 13.7. The predicted molar refractivity (Wildman–Crippen MR) is 77.2 cm³/mol. The Balaban J connectivity index is 3.32. The number of halogens is 1. The van der Waals surface area contributed by atoms with Crippen molar-refractivity contribution >= 4 is 31.9 Å². The lowest BCUT2D eigenvalue weighted by atomic mass is 10.2. The van der Waals surface area contributed by atoms with E-state index in [4.69, 9.17) is 14.6 Å². The lowest BCUT2D eigenvalue weighted by molar-refractivity contribution is 0.0334. The van der Waals surface area contributed by atoms with Crippen LogP contribution in [0.5, 0.6) is 5.75 Å². The third-order valence-corrected chi connectivity index (χ3v) is 4.14. The van der Waals surface area contributed by atoms with Crippen molar-refractivity contribution in [3.63, 3.8) is 0 Å². The summed E-state index contributed by atoms with van der Waals surface area (Å²) >= 11 is 3.15. The van der Waals surface area contributed by atoms with E-state index in [1.807, 2.05) is 6.92 Å². The van der Waals surface area contributed by atoms with Crippen LogP contribution in [0.1, 0.15) is 30.6 Å². The summed E-state index contributed by atoms with van der Waals surface area (Å²) in [5.41, 5.74) is 0.0852. The Labute approximate surface area is 126 Å². The van der Waals surface area contributed by atoms with E-state index in [0.29, 0.717) is 10.9 Å². The Morgan fingerprint density at radius 3 is 2.50 bits per heavy atom. The van der Waals surface area contributed by atoms with E-state index in [-0.39, 0.29) is 22.3 Å². The molecule has 0 fully saturated rings. The maximum Gasteiger partial charge on any atom is 0.338 e. The molecule has 0 heterocycles. The monoisotopic (exact) mass is 365 g/mol. The van der Waals surface area contributed by atoms with Crippen molar-refractivity contribution in [2.75, 3.05) is 7.11 Å². The molecule has 1 unspecified atom stereocenters. The van der Waals surface area contributed by atoms with Crippen molar-refractivity contribution in [2.45, 2.75) is 31.3 Å². The van der Waals surface area contributed by atoms with Gasteiger partial charge in [-0.3, -0.25) is 0 Å². The van der Waals surface area contributed by atoms with Gasteiger partial charge in [0.2, 0.25) is 10.0 Å². The molecule has 2 N–H and O–H groups in total. The van der Waals surface area contributed by atoms with Crippen molar-refractivity contribution in [1.29, 1.82) is 0 Å². The van der Waals surface area contributed by atoms with Crippen LogP contribution in [0.15, 0.2) is 21.5 Å². The summed E-state index contributed by atoms with van der Waals surface area (Å²) in [6.45, 7) is 3.62. The van der Waals surface area contributed by atoms with E-state index in [1.165, 1.54) is 13.2 Å². The minimum absolute atomic E-state index is 0.0487. The normalized spacial score (nSPS) is 12.8. The van der Waals surface area contributed by atoms with E-state index in [0.717, 1.165) is 6.07 Å². The number of benzene rings is 1. The third-order valence-electron chi connectivity index (χ3n) is 2.64. The lowest BCUT2D eigenvalue weighted by Crippen LogP contribution is -2.17. The molecule has 8 heteroatoms. The second-order valence-corrected chi connectivity index (χ2v) is 6.54. The highest BCUT2D eigenvalue weighted by Crippen LogP contribution is 2.33. The maximum absolute atomic E-state index is 11.9. The fraction of sp³-hybridized carbons (Fsp3) is 0.417. The lowest BCUT2D eigenvalue weighted by Gasteiger charge is -2.13. The molecule has 1 atom stereocenters. The minimum Gasteiger partial charge on any atom is -0.494 e. The molecule has 0 aliphatic carbocycles. The predicted octanol–water partition coefficient (Wildman–Crippen LogP) is 2.06. The molecule has 0 aliphatic heterocycles. The summed E-state index contributed by atoms with van der Waals surface area (Å²) < 4.78 is 33.5. The van der Waals surface area contributed by atoms with Crippen LogP contribution in [0.4, 0.5) is 0 Å². The van der Waals surface area contributed by atoms with Gasteiger partial charge >= 0.3 is 5.97 Å². The number of carbonyl (C=O) groups is 1. The number of sulfonamides is 1. The van der Waals surface area contributed by atoms with Crippen LogP contribution in [-0.2, 0) is 14.8 Å². The third kappa shape index (κ3) is 3.94. The van der Waals surface area contributed by atoms with E-state index >= 15 is 0 Å². The Morgan fingerprint density at radius 2 is 2.05 bits per heavy atom. The number of carbonyl (C=O) groups excluding carboxylic acids is 1. The van der Waals surface area contributed by atoms with Crippen LogP contribution in [0.3, 0.4) is 0 Å². The number of methoxy groups -OCH3 is 1. The summed E-state index contributed by atoms with van der Waals surface area (Å²) in [6, 6.07) is 2.57. The molecule has 1 aromatic rings. The van der Waals surface area contributed by atoms with Crippen molar-refractivity contribution in [3.8, 4) is 5.75 Å². The molecule has 0 amide bonds. The number of nitrogens with two attached hydrogens (primary N) is 1. The smallest absolute Gasteiger partial charge is 0.338 e. The van der Waals surface area contributed by atoms with Crippen molar-refractivity contribution in [2.24, 2.45) is 5.14 Å². The SMILES string of the molecule is CCC(C)OC(=O)c1cc(Br)c(OC)c(S(N)(=O)=O)c1. The van der Waals surface area contributed by atoms with Crippen LogP contribution in [0.25, 0.3) is 0 Å². The molecule has 20 heavy (non-hydrogen) atoms. The van der Waals surface area contributed by atoms with E-state index < -0.39 is 16.0 Å². The molecule has 0 saturated heterocycles. The van der Waals surface area contributed by atoms with Crippen LogP contribution in [0, 0.1) is 0 Å². The van der Waals surface area contributed by atoms with Crippen LogP contribution < -0.4 is 9.88 Å². The Bertz CT molecular complexity index is 615. The number of hydrogen-bond donors (Lipinski definition) is 1. The summed E-state index contributed by atoms with van der Waals surface area (Å²) in [5, 5.41) is 5.12. The highest BCUT2D eigenvalue weighted by Gasteiger charge is 2.22. The van der Waals surface area contributed by atoms with Crippen molar-refractivity contribution < 1.29 is 22.7 Å². The van der Waals surface area contributed by atoms with Crippen molar-refractivity contribution in [1.82, 2.24) is 0 Å². The molecule has 0 spiro atoms. The Morgan fingerprint density at radius 1 is 1.45 bits per heavy atom. The molecule has 0 aromatic heterocycles. The van der Waals surface area contributed by atoms with Gasteiger partial charge in [0.1, 0.15) is 4.90 Å². The van der Waals surface area contributed by atoms with E-state index in [1.54, 1.807) is 6.92 Å². The number of primary sulfonamides is 1. The summed E-state index contributed by atoms with van der Waals surface area (Å²) in [6.07, 6.45) is 0.395. The van der Waals surface area contributed by atoms with Gasteiger partial charge in [0.15, 0.2) is 5.75 Å². The zero-order chi connectivity index (χ0) is 15.5. The summed E-state index contributed by atoms with van der Waals surface area (Å²) in [4.78, 5) is 11.7. The fourth-order valence-corrected chi connectivity index (χ4v) is 2.93. The van der Waals surface area contributed by atoms with E-state index in [9.17, 15) is 13.2 Å². The van der Waals surface area contributed by atoms with Gasteiger partial charge in [-0.25, -0.2) is 18.4 Å². The number of esters is 1. The largest absolute Gasteiger partial charge is 0.494 e. The van der Waals surface area contributed by atoms with Gasteiger partial charge in [-0.05, 0) is 41.4 Å². The Hall–Kier alpha value is -1.12. The molecule has 0 bridgehead atoms. The van der Waals surface area contributed by atoms with Gasteiger partial charge in [0.25, 0.3) is 0 Å². The van der Waals surface area contributed by atoms with Gasteiger partial charge < -0.3 is 9.47 Å². The van der Waals surface area contributed by atoms with Gasteiger partial charge in [-0.2, -0.15) is 0 Å². The molecular formula is C12H16BrNO5S. The first-order valence-electron chi connectivity index (χ1n) is 5.82. The van der Waals surface area contributed by atoms with Crippen LogP contribution in [-0.4, -0.2) is 27.6 Å². The van der Waals surface area contributed by atoms with Gasteiger partial charge in [0.05, 0.1) is 23.2 Å². The minimum atomic E-state index is -4.02. The highest BCUT2D eigenvalue weighted by molar-refractivity contribution is 9.10. The Kier molecular flexibility index (Phi) is 5.55. The quantitative estimate of drug-likeness (QED) is 0.805. The van der Waals surface area contributed by atoms with Gasteiger partial charge in [-0.15, -0.1) is 0 Å². The molecule has 0 radical (unpaired) electrons. The number of hydrogen-bond acceptors (Lipinski definition) is 5. The first kappa shape index (κ1) is 16.9. The van der Waals surface area contributed by atoms with Gasteiger partial charge in [-0.1, -0.05) is 6.92 Å². The second kappa shape index (κ2) is 6.55. The van der Waals surface area contributed by atoms with E-state index in [2.05, 4.69) is 15.9 Å². The molecule has 1 rings (SSSR count). The highest BCUT2D eigenvalue weighted by atomic mass is 79.9. The maximum atomic E-state index is 11.9. The average Bonchev–Trinajstić information content (AvgIpc) is 2.36. The average molecular weight is 366 g/mol. The second-order valence-electron chi connectivity index (χ2n) is 4.16. The molecule has 6 nitrogen and oxygen atoms in total. The standard InChI is InChI=1S/C12H16BrNO5S/c1-4-7(2)19-12(15)8-5-9(13)11(18-3)10(6-8)20(14,16)17/h5-7H,4H2,1-3H3,(H2,14,16,17). The molecule has 112 valence electrons. The fourth-order valence-electron chi connectivity index (χ4n) is 1.43. The molecule has 1 aromatic carbocycles. The topological polar surface area (TPSA) is 95.7 Å². The van der Waals surface area contributed by atoms with Crippen LogP contribution >= 0.6 is 15.9 Å². The zero-order valence-electron chi connectivity index (χ0n) is 11.3. The number of rotatable bonds is 5. The van der Waals surface area contributed by atoms with Crippen LogP contribution in [0.2, 0.25) is 0 Å². The molecular weight excluding hydrogens is 350 g/mol. The van der Waals surface area contributed by atoms with Crippen molar-refractivity contribution in [3.05, 3.63) is 22.2 Å². The number of ether oxygens (including phenoxy) is 2. The van der Waals surface area contributed by atoms with Gasteiger partial charge in [0, 0.05) is 0 Å². The summed E-state index contributed by atoms with van der Waals surface area (Å²) in [5.74, 6) is -0.569. The first-order chi connectivity index (χ1) is 9.20.